The Hall–Kier alpha value is -1.30. The Morgan fingerprint density at radius 3 is 2.84 bits per heavy atom. The third-order valence-corrected chi connectivity index (χ3v) is 2.64. The fraction of sp³-hybridized carbons (Fsp3) is 0.571. The highest BCUT2D eigenvalue weighted by atomic mass is 16.5. The van der Waals surface area contributed by atoms with E-state index in [0.717, 1.165) is 18.0 Å². The van der Waals surface area contributed by atoms with E-state index in [1.807, 2.05) is 43.3 Å². The first-order valence-corrected chi connectivity index (χ1v) is 6.41. The van der Waals surface area contributed by atoms with Gasteiger partial charge in [0.1, 0.15) is 18.5 Å². The zero-order valence-corrected chi connectivity index (χ0v) is 11.9. The number of nitrogens with zero attached hydrogens (tertiary/aromatic N) is 1. The van der Waals surface area contributed by atoms with Crippen molar-refractivity contribution in [2.75, 3.05) is 52.4 Å². The summed E-state index contributed by atoms with van der Waals surface area (Å²) in [5.74, 6) is 0.766. The minimum Gasteiger partial charge on any atom is -0.491 e. The van der Waals surface area contributed by atoms with Crippen LogP contribution >= 0.6 is 0 Å². The van der Waals surface area contributed by atoms with Gasteiger partial charge in [-0.2, -0.15) is 0 Å². The molecule has 5 heteroatoms. The van der Waals surface area contributed by atoms with E-state index in [1.165, 1.54) is 0 Å². The van der Waals surface area contributed by atoms with Crippen LogP contribution in [0.4, 0.5) is 5.69 Å². The van der Waals surface area contributed by atoms with Gasteiger partial charge in [0.2, 0.25) is 0 Å². The third-order valence-electron chi connectivity index (χ3n) is 2.64. The van der Waals surface area contributed by atoms with Crippen molar-refractivity contribution < 1.29 is 14.6 Å². The van der Waals surface area contributed by atoms with Crippen molar-refractivity contribution in [2.24, 2.45) is 0 Å². The molecule has 1 unspecified atom stereocenters. The van der Waals surface area contributed by atoms with E-state index in [1.54, 1.807) is 7.11 Å². The van der Waals surface area contributed by atoms with E-state index >= 15 is 0 Å². The van der Waals surface area contributed by atoms with Crippen LogP contribution in [0.5, 0.6) is 5.75 Å². The first kappa shape index (κ1) is 15.8. The van der Waals surface area contributed by atoms with Crippen LogP contribution in [0.25, 0.3) is 0 Å². The van der Waals surface area contributed by atoms with Crippen molar-refractivity contribution in [3.63, 3.8) is 0 Å². The minimum atomic E-state index is -0.528. The second-order valence-electron chi connectivity index (χ2n) is 4.55. The van der Waals surface area contributed by atoms with Crippen molar-refractivity contribution in [1.29, 1.82) is 0 Å². The Labute approximate surface area is 115 Å². The lowest BCUT2D eigenvalue weighted by Crippen LogP contribution is -2.33. The van der Waals surface area contributed by atoms with Crippen LogP contribution in [0, 0.1) is 0 Å². The number of ether oxygens (including phenoxy) is 2. The van der Waals surface area contributed by atoms with Crippen molar-refractivity contribution in [3.05, 3.63) is 24.3 Å². The monoisotopic (exact) mass is 268 g/mol. The molecule has 5 nitrogen and oxygen atoms in total. The molecule has 0 aromatic heterocycles. The smallest absolute Gasteiger partial charge is 0.121 e. The van der Waals surface area contributed by atoms with E-state index in [9.17, 15) is 5.11 Å². The highest BCUT2D eigenvalue weighted by molar-refractivity contribution is 5.49. The predicted octanol–water partition coefficient (Wildman–Crippen LogP) is 0.728. The zero-order valence-electron chi connectivity index (χ0n) is 11.9. The Bertz CT molecular complexity index is 358. The Morgan fingerprint density at radius 2 is 2.16 bits per heavy atom. The standard InChI is InChI=1S/C14H24N2O3/c1-16(2)12-5-4-6-14(9-12)19-11-13(17)10-15-7-8-18-3/h4-6,9,13,15,17H,7-8,10-11H2,1-3H3. The molecule has 0 saturated heterocycles. The first-order valence-electron chi connectivity index (χ1n) is 6.41. The maximum atomic E-state index is 9.75. The molecule has 0 aliphatic heterocycles. The van der Waals surface area contributed by atoms with Gasteiger partial charge in [-0.1, -0.05) is 6.07 Å². The van der Waals surface area contributed by atoms with Gasteiger partial charge in [-0.05, 0) is 12.1 Å². The SMILES string of the molecule is COCCNCC(O)COc1cccc(N(C)C)c1. The van der Waals surface area contributed by atoms with Gasteiger partial charge < -0.3 is 24.8 Å². The molecule has 0 aliphatic rings. The second kappa shape index (κ2) is 8.74. The number of aliphatic hydroxyl groups is 1. The topological polar surface area (TPSA) is 54.0 Å². The fourth-order valence-electron chi connectivity index (χ4n) is 1.55. The van der Waals surface area contributed by atoms with Crippen LogP contribution < -0.4 is 15.0 Å². The fourth-order valence-corrected chi connectivity index (χ4v) is 1.55. The summed E-state index contributed by atoms with van der Waals surface area (Å²) in [6, 6.07) is 7.78. The molecule has 0 spiro atoms. The van der Waals surface area contributed by atoms with Crippen LogP contribution in [0.2, 0.25) is 0 Å². The molecule has 1 aromatic rings. The van der Waals surface area contributed by atoms with Crippen LogP contribution in [-0.4, -0.2) is 58.7 Å². The van der Waals surface area contributed by atoms with Gasteiger partial charge in [0.05, 0.1) is 6.61 Å². The summed E-state index contributed by atoms with van der Waals surface area (Å²) in [6.07, 6.45) is -0.528. The highest BCUT2D eigenvalue weighted by Gasteiger charge is 2.05. The minimum absolute atomic E-state index is 0.275. The van der Waals surface area contributed by atoms with Crippen molar-refractivity contribution in [3.8, 4) is 5.75 Å². The second-order valence-corrected chi connectivity index (χ2v) is 4.55. The Balaban J connectivity index is 2.29. The predicted molar refractivity (Wildman–Crippen MR) is 77.0 cm³/mol. The summed E-state index contributed by atoms with van der Waals surface area (Å²) in [7, 11) is 5.61. The molecular formula is C14H24N2O3. The normalized spacial score (nSPS) is 12.2. The molecule has 0 radical (unpaired) electrons. The summed E-state index contributed by atoms with van der Waals surface area (Å²) in [5.41, 5.74) is 1.07. The quantitative estimate of drug-likeness (QED) is 0.647. The molecule has 108 valence electrons. The van der Waals surface area contributed by atoms with E-state index in [0.29, 0.717) is 13.2 Å². The Kier molecular flexibility index (Phi) is 7.25. The number of anilines is 1. The van der Waals surface area contributed by atoms with Crippen LogP contribution in [0.1, 0.15) is 0 Å². The van der Waals surface area contributed by atoms with Crippen LogP contribution in [0.3, 0.4) is 0 Å². The van der Waals surface area contributed by atoms with E-state index < -0.39 is 6.10 Å². The van der Waals surface area contributed by atoms with Crippen molar-refractivity contribution in [1.82, 2.24) is 5.32 Å². The molecule has 0 heterocycles. The van der Waals surface area contributed by atoms with Crippen LogP contribution in [0.15, 0.2) is 24.3 Å². The molecule has 0 saturated carbocycles. The molecule has 1 rings (SSSR count). The molecule has 2 N–H and O–H groups in total. The van der Waals surface area contributed by atoms with E-state index in [-0.39, 0.29) is 6.61 Å². The van der Waals surface area contributed by atoms with Gasteiger partial charge in [0.25, 0.3) is 0 Å². The van der Waals surface area contributed by atoms with Crippen LogP contribution in [-0.2, 0) is 4.74 Å². The largest absolute Gasteiger partial charge is 0.491 e. The van der Waals surface area contributed by atoms with Gasteiger partial charge in [0, 0.05) is 46.0 Å². The zero-order chi connectivity index (χ0) is 14.1. The van der Waals surface area contributed by atoms with Crippen molar-refractivity contribution in [2.45, 2.75) is 6.10 Å². The Morgan fingerprint density at radius 1 is 1.37 bits per heavy atom. The summed E-state index contributed by atoms with van der Waals surface area (Å²) in [6.45, 7) is 2.13. The lowest BCUT2D eigenvalue weighted by atomic mass is 10.3. The molecule has 1 atom stereocenters. The number of aliphatic hydroxyl groups excluding tert-OH is 1. The first-order chi connectivity index (χ1) is 9.13. The molecule has 0 fully saturated rings. The molecule has 0 amide bonds. The average molecular weight is 268 g/mol. The van der Waals surface area contributed by atoms with Gasteiger partial charge in [-0.25, -0.2) is 0 Å². The van der Waals surface area contributed by atoms with E-state index in [2.05, 4.69) is 5.32 Å². The summed E-state index contributed by atoms with van der Waals surface area (Å²) in [4.78, 5) is 2.01. The number of hydrogen-bond acceptors (Lipinski definition) is 5. The summed E-state index contributed by atoms with van der Waals surface area (Å²) in [5, 5.41) is 12.8. The number of nitrogens with one attached hydrogen (secondary N) is 1. The molecular weight excluding hydrogens is 244 g/mol. The molecule has 0 bridgehead atoms. The average Bonchev–Trinajstić information content (AvgIpc) is 2.41. The third kappa shape index (κ3) is 6.42. The van der Waals surface area contributed by atoms with Gasteiger partial charge in [-0.3, -0.25) is 0 Å². The maximum absolute atomic E-state index is 9.75. The highest BCUT2D eigenvalue weighted by Crippen LogP contribution is 2.19. The summed E-state index contributed by atoms with van der Waals surface area (Å²) >= 11 is 0. The molecule has 0 aliphatic carbocycles. The molecule has 19 heavy (non-hydrogen) atoms. The van der Waals surface area contributed by atoms with E-state index in [4.69, 9.17) is 9.47 Å². The summed E-state index contributed by atoms with van der Waals surface area (Å²) < 4.78 is 10.5. The molecule has 1 aromatic carbocycles. The lowest BCUT2D eigenvalue weighted by molar-refractivity contribution is 0.103. The van der Waals surface area contributed by atoms with Gasteiger partial charge in [-0.15, -0.1) is 0 Å². The number of hydrogen-bond donors (Lipinski definition) is 2. The maximum Gasteiger partial charge on any atom is 0.121 e. The number of benzene rings is 1. The van der Waals surface area contributed by atoms with Gasteiger partial charge in [0.15, 0.2) is 0 Å². The number of methoxy groups -OCH3 is 1. The van der Waals surface area contributed by atoms with Gasteiger partial charge >= 0.3 is 0 Å². The lowest BCUT2D eigenvalue weighted by Gasteiger charge is -2.16. The van der Waals surface area contributed by atoms with Crippen molar-refractivity contribution >= 4 is 5.69 Å². The number of rotatable bonds is 9.